The first-order valence-electron chi connectivity index (χ1n) is 8.54. The molecule has 2 aromatic rings. The third-order valence-corrected chi connectivity index (χ3v) is 4.50. The first-order chi connectivity index (χ1) is 12.9. The molecule has 1 aliphatic heterocycles. The lowest BCUT2D eigenvalue weighted by atomic mass is 10.2. The Bertz CT molecular complexity index is 805. The van der Waals surface area contributed by atoms with Gasteiger partial charge >= 0.3 is 6.61 Å². The fourth-order valence-electron chi connectivity index (χ4n) is 3.12. The summed E-state index contributed by atoms with van der Waals surface area (Å²) < 4.78 is 29.1. The van der Waals surface area contributed by atoms with Gasteiger partial charge in [0.25, 0.3) is 5.91 Å². The number of aromatic nitrogens is 2. The molecule has 7 nitrogen and oxygen atoms in total. The topological polar surface area (TPSA) is 84.6 Å². The first kappa shape index (κ1) is 19.0. The summed E-state index contributed by atoms with van der Waals surface area (Å²) in [6.07, 6.45) is 2.42. The molecule has 0 spiro atoms. The summed E-state index contributed by atoms with van der Waals surface area (Å²) in [4.78, 5) is 24.9. The van der Waals surface area contributed by atoms with Crippen LogP contribution in [0.15, 0.2) is 36.5 Å². The Kier molecular flexibility index (Phi) is 5.80. The summed E-state index contributed by atoms with van der Waals surface area (Å²) >= 11 is 0. The number of amides is 1. The molecule has 1 atom stereocenters. The molecule has 1 aliphatic rings. The van der Waals surface area contributed by atoms with Gasteiger partial charge in [-0.1, -0.05) is 6.07 Å². The molecule has 1 aromatic heterocycles. The number of halogens is 2. The second-order valence-corrected chi connectivity index (χ2v) is 6.41. The van der Waals surface area contributed by atoms with Crippen LogP contribution in [0.25, 0.3) is 0 Å². The number of alkyl halides is 2. The van der Waals surface area contributed by atoms with E-state index in [0.29, 0.717) is 36.8 Å². The summed E-state index contributed by atoms with van der Waals surface area (Å²) in [5.41, 5.74) is 6.01. The van der Waals surface area contributed by atoms with E-state index >= 15 is 0 Å². The SMILES string of the molecule is CN(Cc1nccc(N)n1)[C@H]1CCN(C(=O)c2cccc(OC(F)F)c2)C1. The minimum absolute atomic E-state index is 0.0254. The van der Waals surface area contributed by atoms with Crippen molar-refractivity contribution in [2.24, 2.45) is 0 Å². The molecule has 1 amide bonds. The van der Waals surface area contributed by atoms with Crippen LogP contribution in [-0.2, 0) is 6.54 Å². The highest BCUT2D eigenvalue weighted by atomic mass is 19.3. The van der Waals surface area contributed by atoms with Crippen LogP contribution in [-0.4, -0.2) is 58.5 Å². The van der Waals surface area contributed by atoms with E-state index in [1.807, 2.05) is 7.05 Å². The fourth-order valence-corrected chi connectivity index (χ4v) is 3.12. The van der Waals surface area contributed by atoms with Crippen LogP contribution >= 0.6 is 0 Å². The van der Waals surface area contributed by atoms with Gasteiger partial charge in [0, 0.05) is 30.9 Å². The summed E-state index contributed by atoms with van der Waals surface area (Å²) in [5.74, 6) is 0.815. The molecule has 0 bridgehead atoms. The average Bonchev–Trinajstić information content (AvgIpc) is 3.11. The Morgan fingerprint density at radius 3 is 3.00 bits per heavy atom. The third kappa shape index (κ3) is 4.88. The molecule has 0 aliphatic carbocycles. The molecule has 2 heterocycles. The molecule has 1 fully saturated rings. The number of hydrogen-bond donors (Lipinski definition) is 1. The van der Waals surface area contributed by atoms with Crippen molar-refractivity contribution in [3.05, 3.63) is 47.9 Å². The zero-order valence-electron chi connectivity index (χ0n) is 14.9. The van der Waals surface area contributed by atoms with E-state index in [0.717, 1.165) is 6.42 Å². The minimum atomic E-state index is -2.92. The zero-order chi connectivity index (χ0) is 19.4. The molecule has 2 N–H and O–H groups in total. The number of ether oxygens (including phenoxy) is 1. The molecular weight excluding hydrogens is 356 g/mol. The smallest absolute Gasteiger partial charge is 0.387 e. The molecule has 27 heavy (non-hydrogen) atoms. The summed E-state index contributed by atoms with van der Waals surface area (Å²) in [5, 5.41) is 0. The number of nitrogens with two attached hydrogens (primary N) is 1. The van der Waals surface area contributed by atoms with Crippen molar-refractivity contribution in [2.45, 2.75) is 25.6 Å². The van der Waals surface area contributed by atoms with Gasteiger partial charge in [-0.3, -0.25) is 9.69 Å². The van der Waals surface area contributed by atoms with Crippen LogP contribution in [0.3, 0.4) is 0 Å². The van der Waals surface area contributed by atoms with Gasteiger partial charge in [-0.25, -0.2) is 9.97 Å². The maximum atomic E-state index is 12.7. The summed E-state index contributed by atoms with van der Waals surface area (Å²) in [6.45, 7) is -1.27. The maximum absolute atomic E-state index is 12.7. The van der Waals surface area contributed by atoms with Gasteiger partial charge in [0.2, 0.25) is 0 Å². The highest BCUT2D eigenvalue weighted by Gasteiger charge is 2.30. The van der Waals surface area contributed by atoms with Gasteiger partial charge in [-0.05, 0) is 37.7 Å². The van der Waals surface area contributed by atoms with E-state index in [9.17, 15) is 13.6 Å². The maximum Gasteiger partial charge on any atom is 0.387 e. The minimum Gasteiger partial charge on any atom is -0.435 e. The van der Waals surface area contributed by atoms with E-state index in [2.05, 4.69) is 19.6 Å². The predicted octanol–water partition coefficient (Wildman–Crippen LogP) is 2.01. The number of rotatable bonds is 6. The quantitative estimate of drug-likeness (QED) is 0.829. The van der Waals surface area contributed by atoms with Crippen molar-refractivity contribution < 1.29 is 18.3 Å². The molecule has 1 aromatic carbocycles. The van der Waals surface area contributed by atoms with E-state index in [1.54, 1.807) is 23.2 Å². The Balaban J connectivity index is 1.60. The lowest BCUT2D eigenvalue weighted by Crippen LogP contribution is -2.36. The molecule has 0 radical (unpaired) electrons. The number of likely N-dealkylation sites (tertiary alicyclic amines) is 1. The van der Waals surface area contributed by atoms with Gasteiger partial charge in [-0.15, -0.1) is 0 Å². The van der Waals surface area contributed by atoms with Crippen molar-refractivity contribution >= 4 is 11.7 Å². The van der Waals surface area contributed by atoms with Crippen molar-refractivity contribution in [1.29, 1.82) is 0 Å². The number of hydrogen-bond acceptors (Lipinski definition) is 6. The number of nitrogens with zero attached hydrogens (tertiary/aromatic N) is 4. The second kappa shape index (κ2) is 8.26. The van der Waals surface area contributed by atoms with E-state index < -0.39 is 6.61 Å². The van der Waals surface area contributed by atoms with Crippen LogP contribution in [0.1, 0.15) is 22.6 Å². The van der Waals surface area contributed by atoms with Crippen LogP contribution in [0.5, 0.6) is 5.75 Å². The Labute approximate surface area is 155 Å². The van der Waals surface area contributed by atoms with E-state index in [1.165, 1.54) is 18.2 Å². The van der Waals surface area contributed by atoms with Gasteiger partial charge < -0.3 is 15.4 Å². The fraction of sp³-hybridized carbons (Fsp3) is 0.389. The largest absolute Gasteiger partial charge is 0.435 e. The molecule has 0 unspecified atom stereocenters. The summed E-state index contributed by atoms with van der Waals surface area (Å²) in [6, 6.07) is 7.64. The number of nitrogen functional groups attached to an aromatic ring is 1. The van der Waals surface area contributed by atoms with Gasteiger partial charge in [0.05, 0.1) is 6.54 Å². The highest BCUT2D eigenvalue weighted by molar-refractivity contribution is 5.94. The monoisotopic (exact) mass is 377 g/mol. The lowest BCUT2D eigenvalue weighted by molar-refractivity contribution is -0.0499. The van der Waals surface area contributed by atoms with Gasteiger partial charge in [0.15, 0.2) is 0 Å². The molecular formula is C18H21F2N5O2. The van der Waals surface area contributed by atoms with E-state index in [4.69, 9.17) is 5.73 Å². The second-order valence-electron chi connectivity index (χ2n) is 6.41. The molecule has 1 saturated heterocycles. The van der Waals surface area contributed by atoms with Crippen LogP contribution < -0.4 is 10.5 Å². The van der Waals surface area contributed by atoms with Crippen molar-refractivity contribution in [2.75, 3.05) is 25.9 Å². The van der Waals surface area contributed by atoms with Crippen molar-refractivity contribution in [1.82, 2.24) is 19.8 Å². The van der Waals surface area contributed by atoms with Gasteiger partial charge in [0.1, 0.15) is 17.4 Å². The molecule has 144 valence electrons. The Morgan fingerprint density at radius 2 is 2.26 bits per heavy atom. The average molecular weight is 377 g/mol. The van der Waals surface area contributed by atoms with Crippen LogP contribution in [0.2, 0.25) is 0 Å². The van der Waals surface area contributed by atoms with Crippen LogP contribution in [0, 0.1) is 0 Å². The number of likely N-dealkylation sites (N-methyl/N-ethyl adjacent to an activating group) is 1. The number of benzene rings is 1. The van der Waals surface area contributed by atoms with E-state index in [-0.39, 0.29) is 17.7 Å². The van der Waals surface area contributed by atoms with Crippen LogP contribution in [0.4, 0.5) is 14.6 Å². The lowest BCUT2D eigenvalue weighted by Gasteiger charge is -2.24. The van der Waals surface area contributed by atoms with Gasteiger partial charge in [-0.2, -0.15) is 8.78 Å². The molecule has 3 rings (SSSR count). The van der Waals surface area contributed by atoms with Crippen molar-refractivity contribution in [3.8, 4) is 5.75 Å². The zero-order valence-corrected chi connectivity index (χ0v) is 14.9. The summed E-state index contributed by atoms with van der Waals surface area (Å²) in [7, 11) is 1.95. The Morgan fingerprint density at radius 1 is 1.44 bits per heavy atom. The highest BCUT2D eigenvalue weighted by Crippen LogP contribution is 2.21. The number of carbonyl (C=O) groups excluding carboxylic acids is 1. The van der Waals surface area contributed by atoms with Crippen molar-refractivity contribution in [3.63, 3.8) is 0 Å². The Hall–Kier alpha value is -2.81. The first-order valence-corrected chi connectivity index (χ1v) is 8.54. The molecule has 0 saturated carbocycles. The predicted molar refractivity (Wildman–Crippen MR) is 95.3 cm³/mol. The normalized spacial score (nSPS) is 16.9. The third-order valence-electron chi connectivity index (χ3n) is 4.50. The molecule has 9 heteroatoms. The standard InChI is InChI=1S/C18H21F2N5O2/c1-24(11-16-22-7-5-15(21)23-16)13-6-8-25(10-13)17(26)12-3-2-4-14(9-12)27-18(19)20/h2-5,7,9,13,18H,6,8,10-11H2,1H3,(H2,21,22,23)/t13-/m0/s1. The number of carbonyl (C=O) groups is 1. The number of anilines is 1.